The number of aromatic hydroxyl groups is 1. The fourth-order valence-corrected chi connectivity index (χ4v) is 4.40. The van der Waals surface area contributed by atoms with E-state index in [2.05, 4.69) is 41.5 Å². The summed E-state index contributed by atoms with van der Waals surface area (Å²) in [5, 5.41) is 12.3. The zero-order valence-electron chi connectivity index (χ0n) is 17.9. The molecule has 0 radical (unpaired) electrons. The van der Waals surface area contributed by atoms with Gasteiger partial charge in [-0.3, -0.25) is 9.69 Å². The Morgan fingerprint density at radius 3 is 2.45 bits per heavy atom. The Labute approximate surface area is 181 Å². The monoisotopic (exact) mass is 414 g/mol. The second kappa shape index (κ2) is 7.71. The molecule has 0 aliphatic carbocycles. The van der Waals surface area contributed by atoms with Gasteiger partial charge in [0.1, 0.15) is 11.4 Å². The molecule has 1 aliphatic heterocycles. The summed E-state index contributed by atoms with van der Waals surface area (Å²) >= 11 is 0. The third-order valence-corrected chi connectivity index (χ3v) is 6.21. The average molecular weight is 415 g/mol. The molecule has 1 amide bonds. The third kappa shape index (κ3) is 3.64. The molecule has 1 N–H and O–H groups in total. The van der Waals surface area contributed by atoms with E-state index < -0.39 is 0 Å². The summed E-state index contributed by atoms with van der Waals surface area (Å²) in [7, 11) is 0. The molecule has 5 rings (SSSR count). The Morgan fingerprint density at radius 2 is 1.71 bits per heavy atom. The molecule has 31 heavy (non-hydrogen) atoms. The molecule has 2 aromatic heterocycles. The number of hydrogen-bond acceptors (Lipinski definition) is 4. The van der Waals surface area contributed by atoms with Crippen LogP contribution in [0.4, 0.5) is 0 Å². The van der Waals surface area contributed by atoms with Crippen molar-refractivity contribution < 1.29 is 9.90 Å². The van der Waals surface area contributed by atoms with E-state index in [4.69, 9.17) is 4.98 Å². The Bertz CT molecular complexity index is 1290. The molecular weight excluding hydrogens is 388 g/mol. The first-order chi connectivity index (χ1) is 15.0. The van der Waals surface area contributed by atoms with E-state index in [1.807, 2.05) is 29.2 Å². The van der Waals surface area contributed by atoms with Gasteiger partial charge in [0, 0.05) is 38.9 Å². The lowest BCUT2D eigenvalue weighted by atomic mass is 10.0. The minimum absolute atomic E-state index is 0.0442. The number of carbonyl (C=O) groups excluding carboxylic acids is 1. The first-order valence-corrected chi connectivity index (χ1v) is 10.7. The SMILES string of the molecule is Cc1ccn2c(CN3CCN(C(=O)c4cc5ccccc5cc4O)CC3)c(C)nc2c1. The molecule has 158 valence electrons. The number of nitrogens with zero attached hydrogens (tertiary/aromatic N) is 4. The van der Waals surface area contributed by atoms with E-state index in [1.165, 1.54) is 11.3 Å². The van der Waals surface area contributed by atoms with Gasteiger partial charge in [0.15, 0.2) is 0 Å². The van der Waals surface area contributed by atoms with Crippen LogP contribution in [0.25, 0.3) is 16.4 Å². The normalized spacial score (nSPS) is 15.1. The van der Waals surface area contributed by atoms with Crippen LogP contribution < -0.4 is 0 Å². The molecule has 1 saturated heterocycles. The van der Waals surface area contributed by atoms with Crippen LogP contribution in [0.5, 0.6) is 5.75 Å². The van der Waals surface area contributed by atoms with Crippen molar-refractivity contribution >= 4 is 22.3 Å². The van der Waals surface area contributed by atoms with Crippen molar-refractivity contribution in [1.82, 2.24) is 19.2 Å². The maximum atomic E-state index is 13.1. The molecule has 1 aliphatic rings. The van der Waals surface area contributed by atoms with Gasteiger partial charge in [-0.1, -0.05) is 24.3 Å². The Morgan fingerprint density at radius 1 is 1.00 bits per heavy atom. The topological polar surface area (TPSA) is 61.1 Å². The number of aromatic nitrogens is 2. The van der Waals surface area contributed by atoms with Crippen LogP contribution >= 0.6 is 0 Å². The second-order valence-corrected chi connectivity index (χ2v) is 8.36. The van der Waals surface area contributed by atoms with E-state index in [1.54, 1.807) is 12.1 Å². The van der Waals surface area contributed by atoms with Gasteiger partial charge in [-0.05, 0) is 54.4 Å². The van der Waals surface area contributed by atoms with Crippen LogP contribution in [0.3, 0.4) is 0 Å². The molecule has 6 nitrogen and oxygen atoms in total. The summed E-state index contributed by atoms with van der Waals surface area (Å²) in [4.78, 5) is 22.0. The maximum absolute atomic E-state index is 13.1. The van der Waals surface area contributed by atoms with E-state index in [9.17, 15) is 9.90 Å². The van der Waals surface area contributed by atoms with Gasteiger partial charge in [-0.25, -0.2) is 4.98 Å². The molecule has 6 heteroatoms. The third-order valence-electron chi connectivity index (χ3n) is 6.21. The minimum atomic E-state index is -0.107. The van der Waals surface area contributed by atoms with E-state index >= 15 is 0 Å². The zero-order chi connectivity index (χ0) is 21.5. The Hall–Kier alpha value is -3.38. The number of amides is 1. The predicted octanol–water partition coefficient (Wildman–Crippen LogP) is 3.77. The highest BCUT2D eigenvalue weighted by Crippen LogP contribution is 2.26. The first-order valence-electron chi connectivity index (χ1n) is 10.7. The summed E-state index contributed by atoms with van der Waals surface area (Å²) in [6.07, 6.45) is 2.09. The van der Waals surface area contributed by atoms with Crippen molar-refractivity contribution in [3.63, 3.8) is 0 Å². The summed E-state index contributed by atoms with van der Waals surface area (Å²) in [5.74, 6) is -0.0628. The number of benzene rings is 2. The fourth-order valence-electron chi connectivity index (χ4n) is 4.40. The van der Waals surface area contributed by atoms with Crippen LogP contribution in [0, 0.1) is 13.8 Å². The fraction of sp³-hybridized carbons (Fsp3) is 0.280. The molecule has 0 atom stereocenters. The van der Waals surface area contributed by atoms with E-state index in [0.29, 0.717) is 18.7 Å². The van der Waals surface area contributed by atoms with Gasteiger partial charge < -0.3 is 14.4 Å². The van der Waals surface area contributed by atoms with Gasteiger partial charge in [0.2, 0.25) is 0 Å². The number of pyridine rings is 1. The van der Waals surface area contributed by atoms with Crippen molar-refractivity contribution in [2.24, 2.45) is 0 Å². The van der Waals surface area contributed by atoms with Crippen LogP contribution in [0.2, 0.25) is 0 Å². The number of rotatable bonds is 3. The zero-order valence-corrected chi connectivity index (χ0v) is 17.9. The van der Waals surface area contributed by atoms with E-state index in [-0.39, 0.29) is 11.7 Å². The lowest BCUT2D eigenvalue weighted by Crippen LogP contribution is -2.48. The largest absolute Gasteiger partial charge is 0.507 e. The summed E-state index contributed by atoms with van der Waals surface area (Å²) in [6, 6.07) is 15.4. The van der Waals surface area contributed by atoms with Crippen molar-refractivity contribution in [2.75, 3.05) is 26.2 Å². The number of phenolic OH excluding ortho intramolecular Hbond substituents is 1. The van der Waals surface area contributed by atoms with Crippen LogP contribution in [0.15, 0.2) is 54.7 Å². The standard InChI is InChI=1S/C25H26N4O2/c1-17-7-8-29-22(18(2)26-24(29)13-17)16-27-9-11-28(12-10-27)25(31)21-14-19-5-3-4-6-20(19)15-23(21)30/h3-8,13-15,30H,9-12,16H2,1-2H3. The van der Waals surface area contributed by atoms with E-state index in [0.717, 1.165) is 41.7 Å². The quantitative estimate of drug-likeness (QED) is 0.554. The van der Waals surface area contributed by atoms with Gasteiger partial charge in [0.05, 0.1) is 17.0 Å². The van der Waals surface area contributed by atoms with Crippen molar-refractivity contribution in [3.05, 3.63) is 77.2 Å². The lowest BCUT2D eigenvalue weighted by molar-refractivity contribution is 0.0623. The number of aryl methyl sites for hydroxylation is 2. The number of piperazine rings is 1. The smallest absolute Gasteiger partial charge is 0.257 e. The highest BCUT2D eigenvalue weighted by molar-refractivity contribution is 6.01. The number of phenols is 1. The molecule has 1 fully saturated rings. The molecule has 3 heterocycles. The molecule has 0 spiro atoms. The van der Waals surface area contributed by atoms with Crippen molar-refractivity contribution in [3.8, 4) is 5.75 Å². The van der Waals surface area contributed by atoms with Crippen LogP contribution in [-0.4, -0.2) is 56.4 Å². The van der Waals surface area contributed by atoms with Gasteiger partial charge in [-0.15, -0.1) is 0 Å². The first kappa shape index (κ1) is 19.6. The molecule has 0 unspecified atom stereocenters. The van der Waals surface area contributed by atoms with Gasteiger partial charge >= 0.3 is 0 Å². The van der Waals surface area contributed by atoms with Crippen molar-refractivity contribution in [2.45, 2.75) is 20.4 Å². The second-order valence-electron chi connectivity index (χ2n) is 8.36. The number of imidazole rings is 1. The number of fused-ring (bicyclic) bond motifs is 2. The molecule has 4 aromatic rings. The lowest BCUT2D eigenvalue weighted by Gasteiger charge is -2.34. The van der Waals surface area contributed by atoms with Crippen LogP contribution in [0.1, 0.15) is 27.3 Å². The minimum Gasteiger partial charge on any atom is -0.507 e. The van der Waals surface area contributed by atoms with Crippen molar-refractivity contribution in [1.29, 1.82) is 0 Å². The Balaban J connectivity index is 1.29. The number of hydrogen-bond donors (Lipinski definition) is 1. The summed E-state index contributed by atoms with van der Waals surface area (Å²) < 4.78 is 2.16. The maximum Gasteiger partial charge on any atom is 0.257 e. The highest BCUT2D eigenvalue weighted by atomic mass is 16.3. The summed E-state index contributed by atoms with van der Waals surface area (Å²) in [5.41, 5.74) is 4.80. The van der Waals surface area contributed by atoms with Gasteiger partial charge in [0.25, 0.3) is 5.91 Å². The molecular formula is C25H26N4O2. The number of carbonyl (C=O) groups is 1. The predicted molar refractivity (Wildman–Crippen MR) is 121 cm³/mol. The summed E-state index contributed by atoms with van der Waals surface area (Å²) in [6.45, 7) is 7.80. The molecule has 2 aromatic carbocycles. The molecule has 0 saturated carbocycles. The highest BCUT2D eigenvalue weighted by Gasteiger charge is 2.25. The molecule has 0 bridgehead atoms. The van der Waals surface area contributed by atoms with Crippen LogP contribution in [-0.2, 0) is 6.54 Å². The van der Waals surface area contributed by atoms with Gasteiger partial charge in [-0.2, -0.15) is 0 Å². The average Bonchev–Trinajstić information content (AvgIpc) is 3.07. The Kier molecular flexibility index (Phi) is 4.87.